The van der Waals surface area contributed by atoms with Crippen LogP contribution in [0.5, 0.6) is 0 Å². The molecule has 0 heterocycles. The highest BCUT2D eigenvalue weighted by Gasteiger charge is 2.28. The summed E-state index contributed by atoms with van der Waals surface area (Å²) in [5, 5.41) is 8.71. The molecule has 0 aromatic heterocycles. The number of esters is 2. The van der Waals surface area contributed by atoms with Crippen molar-refractivity contribution in [2.24, 2.45) is 5.73 Å². The summed E-state index contributed by atoms with van der Waals surface area (Å²) in [5.74, 6) is -2.43. The van der Waals surface area contributed by atoms with Crippen molar-refractivity contribution in [3.8, 4) is 0 Å². The molecule has 0 amide bonds. The maximum absolute atomic E-state index is 12.2. The average molecular weight is 512 g/mol. The van der Waals surface area contributed by atoms with Crippen LogP contribution in [0.4, 0.5) is 0 Å². The molecule has 3 unspecified atom stereocenters. The number of rotatable bonds is 22. The fourth-order valence-electron chi connectivity index (χ4n) is 2.80. The number of carbonyl (C=O) groups is 3. The van der Waals surface area contributed by atoms with Gasteiger partial charge in [-0.05, 0) is 12.8 Å². The molecule has 0 aliphatic carbocycles. The SMILES string of the molecule is CCCCCCCCCCC(=O)OC(COC(=O)CCCC)COP(=O)(O)OCC(N)C(=O)O. The van der Waals surface area contributed by atoms with E-state index in [-0.39, 0.29) is 19.4 Å². The van der Waals surface area contributed by atoms with Crippen LogP contribution in [0, 0.1) is 0 Å². The number of hydrogen-bond acceptors (Lipinski definition) is 9. The van der Waals surface area contributed by atoms with Gasteiger partial charge in [-0.1, -0.05) is 65.2 Å². The number of carboxylic acids is 1. The van der Waals surface area contributed by atoms with Gasteiger partial charge in [-0.2, -0.15) is 0 Å². The van der Waals surface area contributed by atoms with Gasteiger partial charge >= 0.3 is 25.7 Å². The van der Waals surface area contributed by atoms with Crippen LogP contribution in [0.3, 0.4) is 0 Å². The lowest BCUT2D eigenvalue weighted by molar-refractivity contribution is -0.161. The second kappa shape index (κ2) is 19.8. The first kappa shape index (κ1) is 32.5. The van der Waals surface area contributed by atoms with Crippen LogP contribution in [0.2, 0.25) is 0 Å². The van der Waals surface area contributed by atoms with E-state index >= 15 is 0 Å². The lowest BCUT2D eigenvalue weighted by atomic mass is 10.1. The van der Waals surface area contributed by atoms with E-state index < -0.39 is 51.1 Å². The second-order valence-corrected chi connectivity index (χ2v) is 9.58. The molecule has 200 valence electrons. The Hall–Kier alpha value is -1.52. The number of carbonyl (C=O) groups excluding carboxylic acids is 2. The summed E-state index contributed by atoms with van der Waals surface area (Å²) < 4.78 is 31.7. The molecule has 0 spiro atoms. The monoisotopic (exact) mass is 511 g/mol. The molecule has 0 saturated heterocycles. The number of hydrogen-bond donors (Lipinski definition) is 3. The summed E-state index contributed by atoms with van der Waals surface area (Å²) in [7, 11) is -4.67. The number of ether oxygens (including phenoxy) is 2. The zero-order valence-corrected chi connectivity index (χ0v) is 21.3. The summed E-state index contributed by atoms with van der Waals surface area (Å²) in [6.45, 7) is 2.40. The Labute approximate surface area is 202 Å². The van der Waals surface area contributed by atoms with E-state index in [1.807, 2.05) is 6.92 Å². The molecule has 0 saturated carbocycles. The summed E-state index contributed by atoms with van der Waals surface area (Å²) in [5.41, 5.74) is 5.23. The van der Waals surface area contributed by atoms with Gasteiger partial charge in [0.15, 0.2) is 6.10 Å². The maximum Gasteiger partial charge on any atom is 0.472 e. The highest BCUT2D eigenvalue weighted by Crippen LogP contribution is 2.43. The summed E-state index contributed by atoms with van der Waals surface area (Å²) in [4.78, 5) is 44.4. The van der Waals surface area contributed by atoms with E-state index in [1.165, 1.54) is 25.7 Å². The van der Waals surface area contributed by atoms with Gasteiger partial charge in [-0.3, -0.25) is 23.4 Å². The fourth-order valence-corrected chi connectivity index (χ4v) is 3.58. The minimum absolute atomic E-state index is 0.163. The van der Waals surface area contributed by atoms with Crippen molar-refractivity contribution < 1.29 is 47.5 Å². The smallest absolute Gasteiger partial charge is 0.472 e. The van der Waals surface area contributed by atoms with E-state index in [9.17, 15) is 23.8 Å². The van der Waals surface area contributed by atoms with Gasteiger partial charge in [0, 0.05) is 12.8 Å². The van der Waals surface area contributed by atoms with E-state index in [4.69, 9.17) is 24.8 Å². The number of unbranched alkanes of at least 4 members (excludes halogenated alkanes) is 8. The van der Waals surface area contributed by atoms with E-state index in [0.717, 1.165) is 25.7 Å². The molecule has 0 fully saturated rings. The van der Waals surface area contributed by atoms with Gasteiger partial charge < -0.3 is 25.2 Å². The third-order valence-corrected chi connectivity index (χ3v) is 5.81. The van der Waals surface area contributed by atoms with Gasteiger partial charge in [-0.15, -0.1) is 0 Å². The topological polar surface area (TPSA) is 172 Å². The molecule has 0 aliphatic heterocycles. The molecule has 0 rings (SSSR count). The van der Waals surface area contributed by atoms with E-state index in [2.05, 4.69) is 11.4 Å². The van der Waals surface area contributed by atoms with Crippen LogP contribution in [0.1, 0.15) is 90.9 Å². The molecule has 3 atom stereocenters. The molecule has 4 N–H and O–H groups in total. The average Bonchev–Trinajstić information content (AvgIpc) is 2.79. The van der Waals surface area contributed by atoms with Crippen molar-refractivity contribution in [3.63, 3.8) is 0 Å². The molecule has 34 heavy (non-hydrogen) atoms. The standard InChI is InChI=1S/C22H42NO10P/c1-3-5-7-8-9-10-11-12-14-21(25)33-18(15-30-20(24)13-6-4-2)16-31-34(28,29)32-17-19(23)22(26)27/h18-19H,3-17,23H2,1-2H3,(H,26,27)(H,28,29). The van der Waals surface area contributed by atoms with Crippen molar-refractivity contribution in [2.45, 2.75) is 103 Å². The maximum atomic E-state index is 12.2. The van der Waals surface area contributed by atoms with Gasteiger partial charge in [0.05, 0.1) is 13.2 Å². The Kier molecular flexibility index (Phi) is 18.9. The minimum Gasteiger partial charge on any atom is -0.480 e. The molecule has 0 bridgehead atoms. The molecule has 12 heteroatoms. The Morgan fingerprint density at radius 2 is 1.32 bits per heavy atom. The molecule has 0 aromatic carbocycles. The van der Waals surface area contributed by atoms with Crippen molar-refractivity contribution in [1.29, 1.82) is 0 Å². The van der Waals surface area contributed by atoms with Crippen molar-refractivity contribution in [3.05, 3.63) is 0 Å². The number of nitrogens with two attached hydrogens (primary N) is 1. The third-order valence-electron chi connectivity index (χ3n) is 4.86. The summed E-state index contributed by atoms with van der Waals surface area (Å²) in [6, 6.07) is -1.51. The third kappa shape index (κ3) is 18.9. The Morgan fingerprint density at radius 3 is 1.91 bits per heavy atom. The summed E-state index contributed by atoms with van der Waals surface area (Å²) >= 11 is 0. The quantitative estimate of drug-likeness (QED) is 0.110. The molecular formula is C22H42NO10P. The van der Waals surface area contributed by atoms with E-state index in [0.29, 0.717) is 12.8 Å². The Balaban J connectivity index is 4.56. The Bertz CT molecular complexity index is 631. The van der Waals surface area contributed by atoms with Crippen LogP contribution in [0.25, 0.3) is 0 Å². The number of phosphoric acid groups is 1. The lowest BCUT2D eigenvalue weighted by Gasteiger charge is -2.20. The Morgan fingerprint density at radius 1 is 0.794 bits per heavy atom. The normalized spacial score (nSPS) is 14.7. The molecule has 0 aliphatic rings. The van der Waals surface area contributed by atoms with Crippen LogP contribution < -0.4 is 5.73 Å². The predicted molar refractivity (Wildman–Crippen MR) is 125 cm³/mol. The fraction of sp³-hybridized carbons (Fsp3) is 0.864. The van der Waals surface area contributed by atoms with Crippen LogP contribution >= 0.6 is 7.82 Å². The van der Waals surface area contributed by atoms with Gasteiger partial charge in [0.1, 0.15) is 12.6 Å². The van der Waals surface area contributed by atoms with Crippen molar-refractivity contribution >= 4 is 25.7 Å². The van der Waals surface area contributed by atoms with E-state index in [1.54, 1.807) is 0 Å². The lowest BCUT2D eigenvalue weighted by Crippen LogP contribution is -2.34. The number of phosphoric ester groups is 1. The first-order valence-corrected chi connectivity index (χ1v) is 13.6. The van der Waals surface area contributed by atoms with Gasteiger partial charge in [0.25, 0.3) is 0 Å². The number of aliphatic carboxylic acids is 1. The minimum atomic E-state index is -4.67. The molecular weight excluding hydrogens is 469 g/mol. The highest BCUT2D eigenvalue weighted by molar-refractivity contribution is 7.47. The molecule has 0 radical (unpaired) electrons. The van der Waals surface area contributed by atoms with Crippen LogP contribution in [0.15, 0.2) is 0 Å². The predicted octanol–water partition coefficient (Wildman–Crippen LogP) is 3.71. The number of carboxylic acid groups (broad SMARTS) is 1. The van der Waals surface area contributed by atoms with Gasteiger partial charge in [-0.25, -0.2) is 4.57 Å². The molecule has 11 nitrogen and oxygen atoms in total. The van der Waals surface area contributed by atoms with Gasteiger partial charge in [0.2, 0.25) is 0 Å². The first-order chi connectivity index (χ1) is 16.1. The van der Waals surface area contributed by atoms with Crippen LogP contribution in [-0.4, -0.2) is 59.9 Å². The molecule has 0 aromatic rings. The second-order valence-electron chi connectivity index (χ2n) is 8.13. The summed E-state index contributed by atoms with van der Waals surface area (Å²) in [6.07, 6.45) is 9.20. The van der Waals surface area contributed by atoms with Crippen LogP contribution in [-0.2, 0) is 37.5 Å². The highest BCUT2D eigenvalue weighted by atomic mass is 31.2. The largest absolute Gasteiger partial charge is 0.480 e. The van der Waals surface area contributed by atoms with Crippen molar-refractivity contribution in [2.75, 3.05) is 19.8 Å². The zero-order chi connectivity index (χ0) is 25.8. The van der Waals surface area contributed by atoms with Crippen molar-refractivity contribution in [1.82, 2.24) is 0 Å². The zero-order valence-electron chi connectivity index (χ0n) is 20.4. The first-order valence-electron chi connectivity index (χ1n) is 12.1.